The average Bonchev–Trinajstić information content (AvgIpc) is 2.81. The van der Waals surface area contributed by atoms with Crippen LogP contribution < -0.4 is 10.6 Å². The van der Waals surface area contributed by atoms with Gasteiger partial charge in [-0.1, -0.05) is 27.2 Å². The Bertz CT molecular complexity index is 605. The van der Waals surface area contributed by atoms with Crippen molar-refractivity contribution in [1.29, 1.82) is 0 Å². The molecule has 0 aromatic carbocycles. The zero-order valence-electron chi connectivity index (χ0n) is 16.9. The van der Waals surface area contributed by atoms with Gasteiger partial charge >= 0.3 is 0 Å². The number of aryl methyl sites for hydroxylation is 2. The molecule has 0 amide bonds. The van der Waals surface area contributed by atoms with Gasteiger partial charge in [0.2, 0.25) is 0 Å². The van der Waals surface area contributed by atoms with Gasteiger partial charge < -0.3 is 15.4 Å². The van der Waals surface area contributed by atoms with Crippen LogP contribution in [0.4, 0.5) is 0 Å². The van der Waals surface area contributed by atoms with Crippen molar-refractivity contribution in [2.24, 2.45) is 17.5 Å². The summed E-state index contributed by atoms with van der Waals surface area (Å²) in [5.41, 5.74) is 3.61. The van der Waals surface area contributed by atoms with Crippen LogP contribution in [0.1, 0.15) is 57.0 Å². The Kier molecular flexibility index (Phi) is 6.49. The van der Waals surface area contributed by atoms with Gasteiger partial charge in [0, 0.05) is 50.0 Å². The number of unbranched alkanes of at least 4 members (excludes halogenated alkanes) is 1. The van der Waals surface area contributed by atoms with E-state index in [1.807, 2.05) is 25.7 Å². The molecular formula is C19H35N5O. The third-order valence-corrected chi connectivity index (χ3v) is 5.62. The molecule has 2 rings (SSSR count). The molecule has 1 aromatic rings. The molecule has 2 N–H and O–H groups in total. The number of aliphatic imine (C=N–C) groups is 1. The van der Waals surface area contributed by atoms with Crippen molar-refractivity contribution in [2.45, 2.75) is 72.6 Å². The van der Waals surface area contributed by atoms with Crippen molar-refractivity contribution in [3.05, 3.63) is 17.0 Å². The Balaban J connectivity index is 1.86. The van der Waals surface area contributed by atoms with Gasteiger partial charge in [0.1, 0.15) is 0 Å². The number of hydrogen-bond donors (Lipinski definition) is 2. The summed E-state index contributed by atoms with van der Waals surface area (Å²) in [6.45, 7) is 12.5. The van der Waals surface area contributed by atoms with Crippen LogP contribution in [0, 0.1) is 19.3 Å². The van der Waals surface area contributed by atoms with E-state index >= 15 is 0 Å². The molecule has 0 spiro atoms. The maximum Gasteiger partial charge on any atom is 0.191 e. The van der Waals surface area contributed by atoms with Crippen LogP contribution in [0.5, 0.6) is 0 Å². The maximum atomic E-state index is 6.03. The van der Waals surface area contributed by atoms with E-state index in [1.54, 1.807) is 0 Å². The van der Waals surface area contributed by atoms with Gasteiger partial charge in [0.05, 0.1) is 11.8 Å². The third kappa shape index (κ3) is 4.35. The van der Waals surface area contributed by atoms with E-state index in [-0.39, 0.29) is 5.41 Å². The number of nitrogens with one attached hydrogen (secondary N) is 2. The second-order valence-corrected chi connectivity index (χ2v) is 7.67. The normalized spacial score (nSPS) is 22.6. The van der Waals surface area contributed by atoms with Crippen molar-refractivity contribution < 1.29 is 4.74 Å². The lowest BCUT2D eigenvalue weighted by Gasteiger charge is -2.52. The van der Waals surface area contributed by atoms with E-state index in [0.29, 0.717) is 12.1 Å². The van der Waals surface area contributed by atoms with Gasteiger partial charge in [-0.05, 0) is 26.7 Å². The molecule has 2 atom stereocenters. The second kappa shape index (κ2) is 8.21. The monoisotopic (exact) mass is 349 g/mol. The maximum absolute atomic E-state index is 6.03. The Morgan fingerprint density at radius 2 is 2.12 bits per heavy atom. The molecule has 1 saturated carbocycles. The van der Waals surface area contributed by atoms with Gasteiger partial charge in [0.25, 0.3) is 0 Å². The summed E-state index contributed by atoms with van der Waals surface area (Å²) >= 11 is 0. The number of aromatic nitrogens is 2. The third-order valence-electron chi connectivity index (χ3n) is 5.62. The van der Waals surface area contributed by atoms with Gasteiger partial charge in [-0.25, -0.2) is 0 Å². The van der Waals surface area contributed by atoms with Gasteiger partial charge in [-0.15, -0.1) is 0 Å². The Morgan fingerprint density at radius 1 is 1.40 bits per heavy atom. The summed E-state index contributed by atoms with van der Waals surface area (Å²) in [5.74, 6) is 0.840. The SMILES string of the molecule is CCCCOC1CC(NC(=NC)NCc2c(C)nn(C)c2C)C1(C)C. The van der Waals surface area contributed by atoms with Crippen LogP contribution in [0.2, 0.25) is 0 Å². The quantitative estimate of drug-likeness (QED) is 0.451. The lowest BCUT2D eigenvalue weighted by molar-refractivity contribution is -0.113. The van der Waals surface area contributed by atoms with Crippen molar-refractivity contribution in [3.8, 4) is 0 Å². The largest absolute Gasteiger partial charge is 0.378 e. The summed E-state index contributed by atoms with van der Waals surface area (Å²) in [4.78, 5) is 4.38. The van der Waals surface area contributed by atoms with E-state index < -0.39 is 0 Å². The summed E-state index contributed by atoms with van der Waals surface area (Å²) in [6.07, 6.45) is 3.68. The van der Waals surface area contributed by atoms with Crippen LogP contribution in [0.15, 0.2) is 4.99 Å². The first-order valence-electron chi connectivity index (χ1n) is 9.39. The van der Waals surface area contributed by atoms with E-state index in [4.69, 9.17) is 4.74 Å². The minimum Gasteiger partial charge on any atom is -0.378 e. The first-order valence-corrected chi connectivity index (χ1v) is 9.39. The van der Waals surface area contributed by atoms with Crippen LogP contribution in [0.25, 0.3) is 0 Å². The van der Waals surface area contributed by atoms with E-state index in [9.17, 15) is 0 Å². The molecule has 1 fully saturated rings. The highest BCUT2D eigenvalue weighted by atomic mass is 16.5. The zero-order valence-corrected chi connectivity index (χ0v) is 16.9. The molecule has 0 bridgehead atoms. The molecule has 1 aliphatic carbocycles. The Hall–Kier alpha value is -1.56. The van der Waals surface area contributed by atoms with E-state index in [1.165, 1.54) is 17.7 Å². The fraction of sp³-hybridized carbons (Fsp3) is 0.789. The van der Waals surface area contributed by atoms with Crippen molar-refractivity contribution in [3.63, 3.8) is 0 Å². The van der Waals surface area contributed by atoms with Crippen LogP contribution in [-0.4, -0.2) is 41.5 Å². The summed E-state index contributed by atoms with van der Waals surface area (Å²) in [5, 5.41) is 11.5. The Labute approximate surface area is 152 Å². The topological polar surface area (TPSA) is 63.5 Å². The standard InChI is InChI=1S/C19H35N5O/c1-8-9-10-25-17-11-16(19(17,4)5)22-18(20-6)21-12-15-13(2)23-24(7)14(15)3/h16-17H,8-12H2,1-7H3,(H2,20,21,22). The molecule has 1 aliphatic rings. The molecule has 1 heterocycles. The first-order chi connectivity index (χ1) is 11.8. The zero-order chi connectivity index (χ0) is 18.6. The molecule has 2 unspecified atom stereocenters. The molecule has 1 aromatic heterocycles. The second-order valence-electron chi connectivity index (χ2n) is 7.67. The highest BCUT2D eigenvalue weighted by molar-refractivity contribution is 5.80. The minimum absolute atomic E-state index is 0.117. The smallest absolute Gasteiger partial charge is 0.191 e. The van der Waals surface area contributed by atoms with Gasteiger partial charge in [0.15, 0.2) is 5.96 Å². The summed E-state index contributed by atoms with van der Waals surface area (Å²) in [6, 6.07) is 0.376. The molecule has 6 nitrogen and oxygen atoms in total. The number of hydrogen-bond acceptors (Lipinski definition) is 3. The predicted octanol–water partition coefficient (Wildman–Crippen LogP) is 2.69. The molecule has 142 valence electrons. The highest BCUT2D eigenvalue weighted by Gasteiger charge is 2.49. The lowest BCUT2D eigenvalue weighted by Crippen LogP contribution is -2.63. The minimum atomic E-state index is 0.117. The van der Waals surface area contributed by atoms with Crippen LogP contribution in [0.3, 0.4) is 0 Å². The number of rotatable bonds is 7. The molecule has 0 aliphatic heterocycles. The molecule has 0 saturated heterocycles. The highest BCUT2D eigenvalue weighted by Crippen LogP contribution is 2.42. The fourth-order valence-corrected chi connectivity index (χ4v) is 3.39. The van der Waals surface area contributed by atoms with Crippen LogP contribution >= 0.6 is 0 Å². The van der Waals surface area contributed by atoms with E-state index in [2.05, 4.69) is 48.4 Å². The van der Waals surface area contributed by atoms with Crippen molar-refractivity contribution >= 4 is 5.96 Å². The van der Waals surface area contributed by atoms with E-state index in [0.717, 1.165) is 37.6 Å². The number of ether oxygens (including phenoxy) is 1. The average molecular weight is 350 g/mol. The lowest BCUT2D eigenvalue weighted by atomic mass is 9.64. The molecule has 6 heteroatoms. The summed E-state index contributed by atoms with van der Waals surface area (Å²) < 4.78 is 7.96. The summed E-state index contributed by atoms with van der Waals surface area (Å²) in [7, 11) is 3.80. The van der Waals surface area contributed by atoms with Gasteiger partial charge in [-0.2, -0.15) is 5.10 Å². The van der Waals surface area contributed by atoms with Crippen molar-refractivity contribution in [1.82, 2.24) is 20.4 Å². The Morgan fingerprint density at radius 3 is 2.64 bits per heavy atom. The molecular weight excluding hydrogens is 314 g/mol. The van der Waals surface area contributed by atoms with Crippen molar-refractivity contribution in [2.75, 3.05) is 13.7 Å². The first kappa shape index (κ1) is 19.8. The number of nitrogens with zero attached hydrogens (tertiary/aromatic N) is 3. The molecule has 0 radical (unpaired) electrons. The molecule has 25 heavy (non-hydrogen) atoms. The van der Waals surface area contributed by atoms with Gasteiger partial charge in [-0.3, -0.25) is 9.67 Å². The fourth-order valence-electron chi connectivity index (χ4n) is 3.39. The number of guanidine groups is 1. The predicted molar refractivity (Wildman–Crippen MR) is 103 cm³/mol. The van der Waals surface area contributed by atoms with Crippen LogP contribution in [-0.2, 0) is 18.3 Å².